The maximum absolute atomic E-state index is 3.57. The molecule has 9 aromatic rings. The van der Waals surface area contributed by atoms with E-state index in [1.54, 1.807) is 6.08 Å². The van der Waals surface area contributed by atoms with Gasteiger partial charge in [-0.25, -0.2) is 0 Å². The van der Waals surface area contributed by atoms with Gasteiger partial charge in [0.15, 0.2) is 0 Å². The third-order valence-corrected chi connectivity index (χ3v) is 14.4. The van der Waals surface area contributed by atoms with E-state index in [2.05, 4.69) is 260 Å². The van der Waals surface area contributed by atoms with Crippen molar-refractivity contribution >= 4 is 0 Å². The quantitative estimate of drug-likeness (QED) is 0.101. The second kappa shape index (κ2) is 24.6. The van der Waals surface area contributed by atoms with Gasteiger partial charge >= 0.3 is 0 Å². The maximum Gasteiger partial charge on any atom is 0.0713 e. The molecular formula is C73H72. The topological polar surface area (TPSA) is 0 Å². The number of allylic oxidation sites excluding steroid dienone is 5. The van der Waals surface area contributed by atoms with Crippen LogP contribution < -0.4 is 0 Å². The molecule has 0 heterocycles. The summed E-state index contributed by atoms with van der Waals surface area (Å²) in [6, 6.07) is 80.5. The van der Waals surface area contributed by atoms with E-state index in [0.29, 0.717) is 5.92 Å². The molecule has 1 atom stereocenters. The van der Waals surface area contributed by atoms with E-state index >= 15 is 0 Å². The molecule has 0 bridgehead atoms. The van der Waals surface area contributed by atoms with Crippen LogP contribution >= 0.6 is 0 Å². The highest BCUT2D eigenvalue weighted by atomic mass is 14.5. The van der Waals surface area contributed by atoms with Crippen LogP contribution in [0.3, 0.4) is 0 Å². The van der Waals surface area contributed by atoms with E-state index in [1.807, 2.05) is 32.1 Å². The zero-order valence-corrected chi connectivity index (χ0v) is 44.2. The summed E-state index contributed by atoms with van der Waals surface area (Å²) in [6.07, 6.45) is 12.6. The molecule has 0 fully saturated rings. The monoisotopic (exact) mass is 949 g/mol. The standard InChI is InChI=1S/C38H28.C27H32.C8H12/c1-27-11-10-12-30(25-27)28-19-21-29(22-20-28)31-23-24-37-35(26-31)34-17-8-9-18-36(34)38(37,32-13-4-2-5-14-32)33-15-6-3-7-16-33;1-5-9-20(3)25-11-7-8-12-27(25)26-18-17-24(19-21(26)4)23-15-13-22(10-6-2)14-16-23;1-4-6-8(3)7-5-2/h2-26H,1H3;7-8,11-20H,5-6,9-10H2,1-4H3;4-7H,1H2,2-3H3/b;;7-5-,8-6-. The molecular weight excluding hydrogens is 877 g/mol. The fraction of sp³-hybridized carbons (Fsp3) is 0.178. The molecule has 0 nitrogen and oxygen atoms in total. The van der Waals surface area contributed by atoms with Crippen molar-refractivity contribution < 1.29 is 0 Å². The molecule has 0 N–H and O–H groups in total. The summed E-state index contributed by atoms with van der Waals surface area (Å²) >= 11 is 0. The Labute approximate surface area is 438 Å². The molecule has 1 aliphatic carbocycles. The van der Waals surface area contributed by atoms with Crippen LogP contribution in [-0.4, -0.2) is 0 Å². The summed E-state index contributed by atoms with van der Waals surface area (Å²) in [5, 5.41) is 0. The molecule has 73 heavy (non-hydrogen) atoms. The molecule has 0 heteroatoms. The van der Waals surface area contributed by atoms with Crippen LogP contribution in [0.15, 0.2) is 255 Å². The van der Waals surface area contributed by atoms with Gasteiger partial charge in [0.25, 0.3) is 0 Å². The molecule has 0 aromatic heterocycles. The van der Waals surface area contributed by atoms with Crippen molar-refractivity contribution in [2.45, 2.75) is 85.5 Å². The van der Waals surface area contributed by atoms with Crippen molar-refractivity contribution in [1.82, 2.24) is 0 Å². The fourth-order valence-corrected chi connectivity index (χ4v) is 10.9. The number of hydrogen-bond acceptors (Lipinski definition) is 0. The minimum Gasteiger partial charge on any atom is -0.0991 e. The van der Waals surface area contributed by atoms with Gasteiger partial charge in [0.1, 0.15) is 0 Å². The van der Waals surface area contributed by atoms with Crippen molar-refractivity contribution in [2.75, 3.05) is 0 Å². The number of fused-ring (bicyclic) bond motifs is 3. The normalized spacial score (nSPS) is 12.7. The van der Waals surface area contributed by atoms with Crippen molar-refractivity contribution in [3.05, 3.63) is 299 Å². The molecule has 10 rings (SSSR count). The van der Waals surface area contributed by atoms with Crippen molar-refractivity contribution in [3.8, 4) is 55.6 Å². The van der Waals surface area contributed by atoms with E-state index < -0.39 is 0 Å². The Bertz CT molecular complexity index is 3250. The first kappa shape index (κ1) is 51.6. The molecule has 0 radical (unpaired) electrons. The van der Waals surface area contributed by atoms with Crippen LogP contribution in [0.5, 0.6) is 0 Å². The van der Waals surface area contributed by atoms with Crippen LogP contribution in [-0.2, 0) is 11.8 Å². The Morgan fingerprint density at radius 2 is 1.03 bits per heavy atom. The predicted octanol–water partition coefficient (Wildman–Crippen LogP) is 20.6. The summed E-state index contributed by atoms with van der Waals surface area (Å²) in [6.45, 7) is 18.9. The summed E-state index contributed by atoms with van der Waals surface area (Å²) in [7, 11) is 0. The Hall–Kier alpha value is -7.80. The molecule has 0 amide bonds. The van der Waals surface area contributed by atoms with Crippen molar-refractivity contribution in [3.63, 3.8) is 0 Å². The molecule has 0 spiro atoms. The number of rotatable bonds is 13. The summed E-state index contributed by atoms with van der Waals surface area (Å²) in [5.41, 5.74) is 24.7. The third kappa shape index (κ3) is 11.6. The van der Waals surface area contributed by atoms with Gasteiger partial charge in [0.05, 0.1) is 5.41 Å². The molecule has 0 saturated heterocycles. The van der Waals surface area contributed by atoms with Gasteiger partial charge in [-0.05, 0) is 147 Å². The summed E-state index contributed by atoms with van der Waals surface area (Å²) in [4.78, 5) is 0. The third-order valence-electron chi connectivity index (χ3n) is 14.4. The average molecular weight is 949 g/mol. The van der Waals surface area contributed by atoms with E-state index in [9.17, 15) is 0 Å². The molecule has 9 aromatic carbocycles. The second-order valence-corrected chi connectivity index (χ2v) is 19.6. The summed E-state index contributed by atoms with van der Waals surface area (Å²) in [5.74, 6) is 0.594. The molecule has 1 aliphatic rings. The van der Waals surface area contributed by atoms with E-state index in [1.165, 1.54) is 125 Å². The molecule has 1 unspecified atom stereocenters. The van der Waals surface area contributed by atoms with Gasteiger partial charge in [0.2, 0.25) is 0 Å². The fourth-order valence-electron chi connectivity index (χ4n) is 10.9. The molecule has 364 valence electrons. The Balaban J connectivity index is 0.000000177. The maximum atomic E-state index is 3.57. The summed E-state index contributed by atoms with van der Waals surface area (Å²) < 4.78 is 0. The highest BCUT2D eigenvalue weighted by Crippen LogP contribution is 2.56. The molecule has 0 aliphatic heterocycles. The first-order chi connectivity index (χ1) is 35.7. The number of hydrogen-bond donors (Lipinski definition) is 0. The highest BCUT2D eigenvalue weighted by molar-refractivity contribution is 5.89. The van der Waals surface area contributed by atoms with Crippen molar-refractivity contribution in [1.29, 1.82) is 0 Å². The SMILES string of the molecule is C=C/C=C(C)\C=C/C.CCCc1ccc(-c2ccc(-c3ccccc3C(C)CCC)c(C)c2)cc1.Cc1cccc(-c2ccc(-c3ccc4c(c3)-c3ccccc3C4(c3ccccc3)c3ccccc3)cc2)c1. The largest absolute Gasteiger partial charge is 0.0991 e. The van der Waals surface area contributed by atoms with Crippen LogP contribution in [0.2, 0.25) is 0 Å². The Kier molecular flexibility index (Phi) is 17.3. The molecule has 0 saturated carbocycles. The smallest absolute Gasteiger partial charge is 0.0713 e. The lowest BCUT2D eigenvalue weighted by Gasteiger charge is -2.33. The lowest BCUT2D eigenvalue weighted by atomic mass is 9.67. The van der Waals surface area contributed by atoms with Crippen LogP contribution in [0.4, 0.5) is 0 Å². The Morgan fingerprint density at radius 1 is 0.493 bits per heavy atom. The van der Waals surface area contributed by atoms with Crippen LogP contribution in [0.25, 0.3) is 55.6 Å². The van der Waals surface area contributed by atoms with E-state index in [4.69, 9.17) is 0 Å². The first-order valence-corrected chi connectivity index (χ1v) is 26.4. The lowest BCUT2D eigenvalue weighted by Crippen LogP contribution is -2.28. The van der Waals surface area contributed by atoms with Crippen LogP contribution in [0, 0.1) is 13.8 Å². The van der Waals surface area contributed by atoms with Crippen molar-refractivity contribution in [2.24, 2.45) is 0 Å². The van der Waals surface area contributed by atoms with Crippen LogP contribution in [0.1, 0.15) is 104 Å². The first-order valence-electron chi connectivity index (χ1n) is 26.4. The average Bonchev–Trinajstić information content (AvgIpc) is 3.73. The number of benzene rings is 9. The van der Waals surface area contributed by atoms with Gasteiger partial charge in [-0.15, -0.1) is 0 Å². The zero-order chi connectivity index (χ0) is 51.2. The van der Waals surface area contributed by atoms with Gasteiger partial charge in [-0.3, -0.25) is 0 Å². The number of aryl methyl sites for hydroxylation is 3. The van der Waals surface area contributed by atoms with Gasteiger partial charge in [0, 0.05) is 0 Å². The Morgan fingerprint density at radius 3 is 1.62 bits per heavy atom. The second-order valence-electron chi connectivity index (χ2n) is 19.6. The van der Waals surface area contributed by atoms with Gasteiger partial charge in [-0.2, -0.15) is 0 Å². The lowest BCUT2D eigenvalue weighted by molar-refractivity contribution is 0.666. The van der Waals surface area contributed by atoms with Gasteiger partial charge in [-0.1, -0.05) is 288 Å². The highest BCUT2D eigenvalue weighted by Gasteiger charge is 2.45. The predicted molar refractivity (Wildman–Crippen MR) is 317 cm³/mol. The van der Waals surface area contributed by atoms with E-state index in [0.717, 1.165) is 6.42 Å². The van der Waals surface area contributed by atoms with E-state index in [-0.39, 0.29) is 5.41 Å². The minimum atomic E-state index is -0.345. The van der Waals surface area contributed by atoms with Gasteiger partial charge < -0.3 is 0 Å². The zero-order valence-electron chi connectivity index (χ0n) is 44.2. The minimum absolute atomic E-state index is 0.345.